The Bertz CT molecular complexity index is 912. The van der Waals surface area contributed by atoms with Crippen molar-refractivity contribution in [2.75, 3.05) is 38.3 Å². The summed E-state index contributed by atoms with van der Waals surface area (Å²) in [5.74, 6) is 1.72. The fourth-order valence-electron chi connectivity index (χ4n) is 3.64. The van der Waals surface area contributed by atoms with Crippen molar-refractivity contribution in [3.8, 4) is 17.2 Å². The third-order valence-corrected chi connectivity index (χ3v) is 5.32. The maximum absolute atomic E-state index is 12.9. The first-order valence-electron chi connectivity index (χ1n) is 10.2. The average molecular weight is 410 g/mol. The minimum Gasteiger partial charge on any atom is -0.493 e. The average Bonchev–Trinajstić information content (AvgIpc) is 3.62. The van der Waals surface area contributed by atoms with Crippen molar-refractivity contribution in [3.63, 3.8) is 0 Å². The Morgan fingerprint density at radius 3 is 2.60 bits per heavy atom. The second kappa shape index (κ2) is 9.07. The van der Waals surface area contributed by atoms with Gasteiger partial charge < -0.3 is 24.0 Å². The highest BCUT2D eigenvalue weighted by molar-refractivity contribution is 5.95. The van der Waals surface area contributed by atoms with Crippen molar-refractivity contribution < 1.29 is 23.8 Å². The molecule has 2 aromatic rings. The molecule has 1 heterocycles. The minimum atomic E-state index is -0.112. The first-order valence-corrected chi connectivity index (χ1v) is 10.2. The Hall–Kier alpha value is -3.22. The van der Waals surface area contributed by atoms with E-state index in [0.717, 1.165) is 24.3 Å². The molecule has 1 fully saturated rings. The molecule has 2 aliphatic rings. The maximum Gasteiger partial charge on any atom is 0.260 e. The molecule has 0 unspecified atom stereocenters. The number of ether oxygens (including phenoxy) is 3. The van der Waals surface area contributed by atoms with Crippen LogP contribution in [0, 0.1) is 0 Å². The summed E-state index contributed by atoms with van der Waals surface area (Å²) >= 11 is 0. The second-order valence-electron chi connectivity index (χ2n) is 7.37. The normalized spacial score (nSPS) is 15.0. The molecule has 30 heavy (non-hydrogen) atoms. The first-order chi connectivity index (χ1) is 14.7. The van der Waals surface area contributed by atoms with Crippen LogP contribution >= 0.6 is 0 Å². The van der Waals surface area contributed by atoms with Crippen LogP contribution < -0.4 is 19.1 Å². The highest BCUT2D eigenvalue weighted by atomic mass is 16.5. The predicted octanol–water partition coefficient (Wildman–Crippen LogP) is 2.88. The Balaban J connectivity index is 1.35. The number of methoxy groups -OCH3 is 1. The molecule has 7 heteroatoms. The maximum atomic E-state index is 12.9. The number of nitrogens with zero attached hydrogens (tertiary/aromatic N) is 2. The van der Waals surface area contributed by atoms with Crippen molar-refractivity contribution in [2.45, 2.75) is 25.3 Å². The van der Waals surface area contributed by atoms with Crippen LogP contribution in [0.2, 0.25) is 0 Å². The van der Waals surface area contributed by atoms with Gasteiger partial charge in [-0.25, -0.2) is 0 Å². The van der Waals surface area contributed by atoms with E-state index in [1.165, 1.54) is 0 Å². The summed E-state index contributed by atoms with van der Waals surface area (Å²) in [5, 5.41) is 0. The topological polar surface area (TPSA) is 68.3 Å². The summed E-state index contributed by atoms with van der Waals surface area (Å²) in [6.45, 7) is 1.30. The monoisotopic (exact) mass is 410 g/mol. The van der Waals surface area contributed by atoms with Gasteiger partial charge in [0.1, 0.15) is 12.4 Å². The SMILES string of the molecule is COc1ccccc1OCC(=O)N(CCC(=O)N1CCOc2ccccc21)C1CC1. The molecule has 0 saturated heterocycles. The van der Waals surface area contributed by atoms with E-state index in [1.807, 2.05) is 36.4 Å². The highest BCUT2D eigenvalue weighted by Crippen LogP contribution is 2.32. The Kier molecular flexibility index (Phi) is 6.07. The van der Waals surface area contributed by atoms with Gasteiger partial charge in [-0.1, -0.05) is 24.3 Å². The summed E-state index contributed by atoms with van der Waals surface area (Å²) in [6, 6.07) is 15.0. The van der Waals surface area contributed by atoms with Crippen molar-refractivity contribution >= 4 is 17.5 Å². The van der Waals surface area contributed by atoms with Gasteiger partial charge in [-0.2, -0.15) is 0 Å². The first kappa shape index (κ1) is 20.1. The lowest BCUT2D eigenvalue weighted by molar-refractivity contribution is -0.134. The summed E-state index contributed by atoms with van der Waals surface area (Å²) in [4.78, 5) is 29.2. The van der Waals surface area contributed by atoms with E-state index in [9.17, 15) is 9.59 Å². The fourth-order valence-corrected chi connectivity index (χ4v) is 3.64. The van der Waals surface area contributed by atoms with Gasteiger partial charge in [0, 0.05) is 19.0 Å². The van der Waals surface area contributed by atoms with E-state index in [1.54, 1.807) is 29.0 Å². The second-order valence-corrected chi connectivity index (χ2v) is 7.37. The minimum absolute atomic E-state index is 0.00477. The van der Waals surface area contributed by atoms with Crippen LogP contribution in [0.25, 0.3) is 0 Å². The molecular weight excluding hydrogens is 384 g/mol. The van der Waals surface area contributed by atoms with Gasteiger partial charge in [0.2, 0.25) is 5.91 Å². The number of rotatable bonds is 8. The van der Waals surface area contributed by atoms with E-state index in [2.05, 4.69) is 0 Å². The number of carbonyl (C=O) groups is 2. The fraction of sp³-hybridized carbons (Fsp3) is 0.391. The van der Waals surface area contributed by atoms with Crippen molar-refractivity contribution in [1.29, 1.82) is 0 Å². The molecule has 0 spiro atoms. The highest BCUT2D eigenvalue weighted by Gasteiger charge is 2.33. The van der Waals surface area contributed by atoms with Crippen LogP contribution in [-0.2, 0) is 9.59 Å². The molecule has 1 aliphatic carbocycles. The Labute approximate surface area is 176 Å². The van der Waals surface area contributed by atoms with Crippen LogP contribution in [0.1, 0.15) is 19.3 Å². The number of anilines is 1. The lowest BCUT2D eigenvalue weighted by Crippen LogP contribution is -2.42. The third kappa shape index (κ3) is 4.50. The molecule has 4 rings (SSSR count). The molecule has 2 aromatic carbocycles. The van der Waals surface area contributed by atoms with E-state index >= 15 is 0 Å². The van der Waals surface area contributed by atoms with Crippen molar-refractivity contribution in [3.05, 3.63) is 48.5 Å². The zero-order chi connectivity index (χ0) is 20.9. The molecule has 0 radical (unpaired) electrons. The number of hydrogen-bond acceptors (Lipinski definition) is 5. The molecule has 2 amide bonds. The standard InChI is InChI=1S/C23H26N2O5/c1-28-20-8-4-5-9-21(20)30-16-23(27)24(17-10-11-17)13-12-22(26)25-14-15-29-19-7-3-2-6-18(19)25/h2-9,17H,10-16H2,1H3. The van der Waals surface area contributed by atoms with Gasteiger partial charge in [-0.3, -0.25) is 9.59 Å². The number of carbonyl (C=O) groups excluding carboxylic acids is 2. The van der Waals surface area contributed by atoms with Crippen LogP contribution in [0.15, 0.2) is 48.5 Å². The van der Waals surface area contributed by atoms with Crippen LogP contribution in [0.4, 0.5) is 5.69 Å². The van der Waals surface area contributed by atoms with Gasteiger partial charge in [-0.05, 0) is 37.1 Å². The number of benzene rings is 2. The van der Waals surface area contributed by atoms with Gasteiger partial charge >= 0.3 is 0 Å². The molecule has 1 saturated carbocycles. The number of hydrogen-bond donors (Lipinski definition) is 0. The zero-order valence-corrected chi connectivity index (χ0v) is 17.1. The van der Waals surface area contributed by atoms with Crippen LogP contribution in [0.3, 0.4) is 0 Å². The lowest BCUT2D eigenvalue weighted by atomic mass is 10.2. The Morgan fingerprint density at radius 1 is 1.10 bits per heavy atom. The number of para-hydroxylation sites is 4. The molecule has 0 bridgehead atoms. The van der Waals surface area contributed by atoms with Gasteiger partial charge in [-0.15, -0.1) is 0 Å². The van der Waals surface area contributed by atoms with E-state index in [0.29, 0.717) is 31.2 Å². The largest absolute Gasteiger partial charge is 0.493 e. The number of fused-ring (bicyclic) bond motifs is 1. The smallest absolute Gasteiger partial charge is 0.260 e. The van der Waals surface area contributed by atoms with Gasteiger partial charge in [0.25, 0.3) is 5.91 Å². The lowest BCUT2D eigenvalue weighted by Gasteiger charge is -2.30. The third-order valence-electron chi connectivity index (χ3n) is 5.32. The van der Waals surface area contributed by atoms with Gasteiger partial charge in [0.05, 0.1) is 19.3 Å². The van der Waals surface area contributed by atoms with Crippen LogP contribution in [0.5, 0.6) is 17.2 Å². The summed E-state index contributed by atoms with van der Waals surface area (Å²) in [7, 11) is 1.57. The number of amides is 2. The van der Waals surface area contributed by atoms with E-state index < -0.39 is 0 Å². The molecule has 158 valence electrons. The van der Waals surface area contributed by atoms with Gasteiger partial charge in [0.15, 0.2) is 18.1 Å². The molecule has 7 nitrogen and oxygen atoms in total. The Morgan fingerprint density at radius 2 is 1.83 bits per heavy atom. The summed E-state index contributed by atoms with van der Waals surface area (Å²) < 4.78 is 16.6. The zero-order valence-electron chi connectivity index (χ0n) is 17.1. The molecular formula is C23H26N2O5. The molecule has 0 N–H and O–H groups in total. The summed E-state index contributed by atoms with van der Waals surface area (Å²) in [5.41, 5.74) is 0.789. The molecule has 0 atom stereocenters. The summed E-state index contributed by atoms with van der Waals surface area (Å²) in [6.07, 6.45) is 2.20. The van der Waals surface area contributed by atoms with E-state index in [4.69, 9.17) is 14.2 Å². The van der Waals surface area contributed by atoms with Crippen molar-refractivity contribution in [2.24, 2.45) is 0 Å². The molecule has 0 aromatic heterocycles. The van der Waals surface area contributed by atoms with Crippen molar-refractivity contribution in [1.82, 2.24) is 4.90 Å². The van der Waals surface area contributed by atoms with Crippen LogP contribution in [-0.4, -0.2) is 56.2 Å². The molecule has 1 aliphatic heterocycles. The quantitative estimate of drug-likeness (QED) is 0.669. The predicted molar refractivity (Wildman–Crippen MR) is 112 cm³/mol. The van der Waals surface area contributed by atoms with E-state index in [-0.39, 0.29) is 30.9 Å².